The number of Topliss-reactive ketones (excluding diaryl/α,β-unsaturated/α-hetero) is 2. The molecular weight excluding hydrogens is 484 g/mol. The van der Waals surface area contributed by atoms with Crippen LogP contribution < -0.4 is 11.2 Å². The first-order valence-corrected chi connectivity index (χ1v) is 12.1. The van der Waals surface area contributed by atoms with Gasteiger partial charge in [0.15, 0.2) is 11.4 Å². The topological polar surface area (TPSA) is 139 Å². The van der Waals surface area contributed by atoms with Crippen LogP contribution in [0.5, 0.6) is 0 Å². The highest BCUT2D eigenvalue weighted by Gasteiger charge is 2.83. The summed E-state index contributed by atoms with van der Waals surface area (Å²) in [4.78, 5) is 52.3. The molecule has 9 nitrogen and oxygen atoms in total. The number of nitrogens with one attached hydrogen (secondary N) is 1. The highest BCUT2D eigenvalue weighted by Crippen LogP contribution is 2.72. The van der Waals surface area contributed by atoms with Gasteiger partial charge in [-0.15, -0.1) is 0 Å². The Morgan fingerprint density at radius 1 is 1.03 bits per heavy atom. The molecule has 4 atom stereocenters. The summed E-state index contributed by atoms with van der Waals surface area (Å²) in [6.07, 6.45) is -0.875. The fraction of sp³-hybridized carbons (Fsp3) is 0.308. The molecule has 3 N–H and O–H groups in total. The molecule has 36 heavy (non-hydrogen) atoms. The van der Waals surface area contributed by atoms with Crippen molar-refractivity contribution in [3.05, 3.63) is 103 Å². The number of aromatic amines is 1. The largest absolute Gasteiger partial charge is 0.380 e. The van der Waals surface area contributed by atoms with E-state index in [1.54, 1.807) is 56.3 Å². The maximum absolute atomic E-state index is 13.8. The molecule has 1 unspecified atom stereocenters. The maximum atomic E-state index is 13.8. The first kappa shape index (κ1) is 24.4. The zero-order chi connectivity index (χ0) is 26.0. The van der Waals surface area contributed by atoms with Crippen LogP contribution in [0.2, 0.25) is 0 Å². The number of fused-ring (bicyclic) bond motifs is 1. The molecule has 3 aliphatic heterocycles. The molecule has 2 bridgehead atoms. The van der Waals surface area contributed by atoms with Crippen LogP contribution in [0.25, 0.3) is 0 Å². The minimum absolute atomic E-state index is 0.189. The molecule has 10 heteroatoms. The minimum Gasteiger partial charge on any atom is -0.380 e. The van der Waals surface area contributed by atoms with Crippen molar-refractivity contribution in [2.24, 2.45) is 0 Å². The van der Waals surface area contributed by atoms with Crippen molar-refractivity contribution in [1.82, 2.24) is 9.55 Å². The molecular formula is C26H24N2O7S. The van der Waals surface area contributed by atoms with Gasteiger partial charge in [-0.2, -0.15) is 0 Å². The number of rotatable bonds is 6. The van der Waals surface area contributed by atoms with Gasteiger partial charge >= 0.3 is 5.69 Å². The average molecular weight is 509 g/mol. The SMILES string of the molecule is Cc1ccccc1C(=O)[C@]1(O)C[C@]2(n3cc(C)c(=O)[nH]c3=O)O[C@@]1(C(=O)C(O)c1ccccc1C)S2. The van der Waals surface area contributed by atoms with Gasteiger partial charge in [0.25, 0.3) is 5.56 Å². The molecule has 0 saturated carbocycles. The van der Waals surface area contributed by atoms with Crippen LogP contribution in [-0.4, -0.2) is 41.9 Å². The maximum Gasteiger partial charge on any atom is 0.331 e. The van der Waals surface area contributed by atoms with Crippen LogP contribution in [-0.2, 0) is 14.6 Å². The Labute approximate surface area is 209 Å². The number of carbonyl (C=O) groups is 2. The van der Waals surface area contributed by atoms with E-state index >= 15 is 0 Å². The van der Waals surface area contributed by atoms with E-state index < -0.39 is 50.9 Å². The molecule has 0 amide bonds. The summed E-state index contributed by atoms with van der Waals surface area (Å²) in [7, 11) is 0. The van der Waals surface area contributed by atoms with E-state index in [0.29, 0.717) is 16.7 Å². The third-order valence-corrected chi connectivity index (χ3v) is 8.59. The molecule has 3 saturated heterocycles. The van der Waals surface area contributed by atoms with Crippen molar-refractivity contribution in [3.8, 4) is 0 Å². The molecule has 0 radical (unpaired) electrons. The van der Waals surface area contributed by atoms with Gasteiger partial charge in [-0.05, 0) is 37.5 Å². The summed E-state index contributed by atoms with van der Waals surface area (Å²) in [5.41, 5.74) is -1.87. The normalized spacial score (nSPS) is 27.4. The van der Waals surface area contributed by atoms with Crippen molar-refractivity contribution in [2.45, 2.75) is 48.9 Å². The van der Waals surface area contributed by atoms with Gasteiger partial charge in [-0.1, -0.05) is 60.3 Å². The van der Waals surface area contributed by atoms with E-state index in [4.69, 9.17) is 4.74 Å². The van der Waals surface area contributed by atoms with E-state index in [-0.39, 0.29) is 11.1 Å². The quantitative estimate of drug-likeness (QED) is 0.429. The number of aliphatic hydroxyl groups excluding tert-OH is 1. The molecule has 186 valence electrons. The smallest absolute Gasteiger partial charge is 0.331 e. The first-order chi connectivity index (χ1) is 17.0. The summed E-state index contributed by atoms with van der Waals surface area (Å²) in [5.74, 6) is -1.67. The Morgan fingerprint density at radius 2 is 1.64 bits per heavy atom. The number of H-pyrrole nitrogens is 1. The lowest BCUT2D eigenvalue weighted by atomic mass is 9.81. The molecule has 0 aliphatic carbocycles. The lowest BCUT2D eigenvalue weighted by Crippen LogP contribution is -2.64. The van der Waals surface area contributed by atoms with Gasteiger partial charge in [-0.3, -0.25) is 23.9 Å². The highest BCUT2D eigenvalue weighted by molar-refractivity contribution is 8.03. The molecule has 1 aromatic heterocycles. The lowest BCUT2D eigenvalue weighted by molar-refractivity contribution is -0.166. The van der Waals surface area contributed by atoms with E-state index in [0.717, 1.165) is 16.3 Å². The van der Waals surface area contributed by atoms with E-state index in [9.17, 15) is 29.4 Å². The number of hydrogen-bond donors (Lipinski definition) is 3. The predicted octanol–water partition coefficient (Wildman–Crippen LogP) is 1.85. The van der Waals surface area contributed by atoms with Gasteiger partial charge < -0.3 is 14.9 Å². The van der Waals surface area contributed by atoms with Gasteiger partial charge in [0.05, 0.1) is 0 Å². The van der Waals surface area contributed by atoms with Crippen LogP contribution in [0.3, 0.4) is 0 Å². The third-order valence-electron chi connectivity index (χ3n) is 6.94. The number of ketones is 2. The molecule has 3 aliphatic rings. The number of nitrogens with zero attached hydrogens (tertiary/aromatic N) is 1. The van der Waals surface area contributed by atoms with Gasteiger partial charge in [0.1, 0.15) is 6.10 Å². The standard InChI is InChI=1S/C26H24N2O7S/c1-14-8-4-6-10-17(14)19(29)21(31)26-24(34,20(30)18-11-7-5-9-15(18)2)13-25(35-26,36-26)28-12-16(3)22(32)27-23(28)33/h4-12,19,29,34H,13H2,1-3H3,(H,27,32,33)/t19?,24-,25+,26+/m1/s1. The average Bonchev–Trinajstić information content (AvgIpc) is 3.25. The molecule has 2 aromatic carbocycles. The second-order valence-corrected chi connectivity index (χ2v) is 10.7. The molecule has 3 fully saturated rings. The Morgan fingerprint density at radius 3 is 2.28 bits per heavy atom. The van der Waals surface area contributed by atoms with Crippen molar-refractivity contribution in [2.75, 3.05) is 0 Å². The van der Waals surface area contributed by atoms with Crippen molar-refractivity contribution in [1.29, 1.82) is 0 Å². The number of aryl methyl sites for hydroxylation is 3. The number of benzene rings is 2. The van der Waals surface area contributed by atoms with E-state index in [2.05, 4.69) is 4.98 Å². The highest BCUT2D eigenvalue weighted by atomic mass is 32.2. The predicted molar refractivity (Wildman–Crippen MR) is 132 cm³/mol. The first-order valence-electron chi connectivity index (χ1n) is 11.3. The van der Waals surface area contributed by atoms with E-state index in [1.165, 1.54) is 19.2 Å². The summed E-state index contributed by atoms with van der Waals surface area (Å²) in [6, 6.07) is 13.3. The number of hydrogen-bond acceptors (Lipinski definition) is 8. The Balaban J connectivity index is 1.66. The van der Waals surface area contributed by atoms with Crippen LogP contribution in [0.15, 0.2) is 64.3 Å². The van der Waals surface area contributed by atoms with Gasteiger partial charge in [0, 0.05) is 23.7 Å². The van der Waals surface area contributed by atoms with Crippen molar-refractivity contribution < 1.29 is 24.5 Å². The number of ether oxygens (including phenoxy) is 1. The van der Waals surface area contributed by atoms with Gasteiger partial charge in [0.2, 0.25) is 15.8 Å². The zero-order valence-corrected chi connectivity index (χ0v) is 20.6. The van der Waals surface area contributed by atoms with Gasteiger partial charge in [-0.25, -0.2) is 4.79 Å². The van der Waals surface area contributed by atoms with Crippen LogP contribution >= 0.6 is 11.8 Å². The van der Waals surface area contributed by atoms with E-state index in [1.807, 2.05) is 0 Å². The number of aliphatic hydroxyl groups is 2. The number of thioether (sulfide) groups is 1. The third kappa shape index (κ3) is 3.22. The minimum atomic E-state index is -2.41. The van der Waals surface area contributed by atoms with Crippen LogP contribution in [0, 0.1) is 20.8 Å². The summed E-state index contributed by atoms with van der Waals surface area (Å²) >= 11 is 0.782. The second kappa shape index (κ2) is 8.10. The fourth-order valence-electron chi connectivity index (χ4n) is 4.94. The Bertz CT molecular complexity index is 1540. The molecule has 3 aromatic rings. The van der Waals surface area contributed by atoms with Crippen LogP contribution in [0.1, 0.15) is 45.1 Å². The lowest BCUT2D eigenvalue weighted by Gasteiger charge is -2.48. The summed E-state index contributed by atoms with van der Waals surface area (Å²) in [6.45, 7) is 4.92. The number of aromatic nitrogens is 2. The van der Waals surface area contributed by atoms with Crippen molar-refractivity contribution >= 4 is 23.3 Å². The second-order valence-electron chi connectivity index (χ2n) is 9.28. The zero-order valence-electron chi connectivity index (χ0n) is 19.8. The fourth-order valence-corrected chi connectivity index (χ4v) is 6.68. The Hall–Kier alpha value is -3.31. The Kier molecular flexibility index (Phi) is 5.49. The molecule has 0 spiro atoms. The summed E-state index contributed by atoms with van der Waals surface area (Å²) in [5, 5.41) is 21.4. The van der Waals surface area contributed by atoms with Crippen molar-refractivity contribution in [3.63, 3.8) is 0 Å². The number of carbonyl (C=O) groups excluding carboxylic acids is 2. The molecule has 4 heterocycles. The summed E-state index contributed by atoms with van der Waals surface area (Å²) < 4.78 is 7.13. The molecule has 6 rings (SSSR count). The van der Waals surface area contributed by atoms with Crippen LogP contribution in [0.4, 0.5) is 0 Å². The monoisotopic (exact) mass is 508 g/mol.